The van der Waals surface area contributed by atoms with Gasteiger partial charge in [-0.3, -0.25) is 4.79 Å². The molecule has 0 spiro atoms. The molecule has 3 heterocycles. The minimum atomic E-state index is -0.318. The molecular formula is C20H17N5O2. The Kier molecular flexibility index (Phi) is 4.49. The molecule has 134 valence electrons. The molecule has 4 aromatic rings. The standard InChI is InChI=1S/C20H17N5O2/c1-14(15-7-3-2-4-8-15)20(26)23-17-13-18(25-11-6-10-21-25)24-19(22-17)16-9-5-12-27-16/h2-14H,1H3,(H,22,23,24,26). The van der Waals surface area contributed by atoms with Crippen molar-refractivity contribution in [3.8, 4) is 17.4 Å². The summed E-state index contributed by atoms with van der Waals surface area (Å²) >= 11 is 0. The number of benzene rings is 1. The van der Waals surface area contributed by atoms with E-state index in [9.17, 15) is 4.79 Å². The van der Waals surface area contributed by atoms with Gasteiger partial charge in [-0.1, -0.05) is 30.3 Å². The topological polar surface area (TPSA) is 85.8 Å². The van der Waals surface area contributed by atoms with Crippen molar-refractivity contribution in [2.45, 2.75) is 12.8 Å². The Morgan fingerprint density at radius 1 is 1.11 bits per heavy atom. The van der Waals surface area contributed by atoms with Crippen molar-refractivity contribution in [2.24, 2.45) is 0 Å². The number of amides is 1. The molecule has 1 unspecified atom stereocenters. The molecule has 1 N–H and O–H groups in total. The van der Waals surface area contributed by atoms with Crippen LogP contribution in [0.4, 0.5) is 5.82 Å². The summed E-state index contributed by atoms with van der Waals surface area (Å²) in [6.07, 6.45) is 4.98. The first-order valence-electron chi connectivity index (χ1n) is 8.49. The summed E-state index contributed by atoms with van der Waals surface area (Å²) in [5, 5.41) is 7.07. The van der Waals surface area contributed by atoms with Crippen molar-refractivity contribution in [2.75, 3.05) is 5.32 Å². The number of aromatic nitrogens is 4. The zero-order valence-corrected chi connectivity index (χ0v) is 14.6. The van der Waals surface area contributed by atoms with Crippen molar-refractivity contribution in [1.29, 1.82) is 0 Å². The summed E-state index contributed by atoms with van der Waals surface area (Å²) in [6.45, 7) is 1.85. The Hall–Kier alpha value is -3.74. The van der Waals surface area contributed by atoms with Crippen molar-refractivity contribution in [3.63, 3.8) is 0 Å². The lowest BCUT2D eigenvalue weighted by molar-refractivity contribution is -0.117. The summed E-state index contributed by atoms with van der Waals surface area (Å²) in [6, 6.07) is 16.6. The Morgan fingerprint density at radius 3 is 2.67 bits per heavy atom. The molecule has 0 aliphatic heterocycles. The van der Waals surface area contributed by atoms with Crippen LogP contribution in [0, 0.1) is 0 Å². The maximum atomic E-state index is 12.7. The minimum Gasteiger partial charge on any atom is -0.461 e. The van der Waals surface area contributed by atoms with Crippen LogP contribution in [0.2, 0.25) is 0 Å². The fourth-order valence-corrected chi connectivity index (χ4v) is 2.66. The molecule has 27 heavy (non-hydrogen) atoms. The van der Waals surface area contributed by atoms with E-state index < -0.39 is 0 Å². The highest BCUT2D eigenvalue weighted by Crippen LogP contribution is 2.22. The van der Waals surface area contributed by atoms with Crippen LogP contribution in [-0.2, 0) is 4.79 Å². The lowest BCUT2D eigenvalue weighted by Crippen LogP contribution is -2.20. The second-order valence-electron chi connectivity index (χ2n) is 5.98. The number of rotatable bonds is 5. The predicted molar refractivity (Wildman–Crippen MR) is 100 cm³/mol. The number of nitrogens with zero attached hydrogens (tertiary/aromatic N) is 4. The molecule has 0 radical (unpaired) electrons. The predicted octanol–water partition coefficient (Wildman–Crippen LogP) is 3.66. The van der Waals surface area contributed by atoms with Gasteiger partial charge in [0.2, 0.25) is 5.91 Å². The summed E-state index contributed by atoms with van der Waals surface area (Å²) in [7, 11) is 0. The van der Waals surface area contributed by atoms with Gasteiger partial charge in [-0.15, -0.1) is 0 Å². The smallest absolute Gasteiger partial charge is 0.232 e. The van der Waals surface area contributed by atoms with E-state index in [0.29, 0.717) is 23.2 Å². The zero-order chi connectivity index (χ0) is 18.6. The quantitative estimate of drug-likeness (QED) is 0.588. The molecule has 0 fully saturated rings. The molecule has 0 aliphatic rings. The van der Waals surface area contributed by atoms with Gasteiger partial charge in [-0.2, -0.15) is 5.10 Å². The number of carbonyl (C=O) groups is 1. The maximum Gasteiger partial charge on any atom is 0.232 e. The van der Waals surface area contributed by atoms with Gasteiger partial charge >= 0.3 is 0 Å². The molecule has 1 amide bonds. The van der Waals surface area contributed by atoms with Gasteiger partial charge in [0.25, 0.3) is 0 Å². The average Bonchev–Trinajstić information content (AvgIpc) is 3.41. The normalized spacial score (nSPS) is 11.9. The number of carbonyl (C=O) groups excluding carboxylic acids is 1. The Balaban J connectivity index is 1.66. The summed E-state index contributed by atoms with van der Waals surface area (Å²) < 4.78 is 7.00. The third-order valence-electron chi connectivity index (χ3n) is 4.14. The van der Waals surface area contributed by atoms with Gasteiger partial charge in [-0.25, -0.2) is 14.6 Å². The van der Waals surface area contributed by atoms with E-state index >= 15 is 0 Å². The molecular weight excluding hydrogens is 342 g/mol. The Morgan fingerprint density at radius 2 is 1.96 bits per heavy atom. The van der Waals surface area contributed by atoms with Gasteiger partial charge in [0.05, 0.1) is 12.2 Å². The van der Waals surface area contributed by atoms with Crippen LogP contribution in [0.5, 0.6) is 0 Å². The molecule has 0 saturated carbocycles. The van der Waals surface area contributed by atoms with Crippen LogP contribution in [0.3, 0.4) is 0 Å². The van der Waals surface area contributed by atoms with Gasteiger partial charge in [0, 0.05) is 18.5 Å². The highest BCUT2D eigenvalue weighted by molar-refractivity contribution is 5.95. The fraction of sp³-hybridized carbons (Fsp3) is 0.100. The average molecular weight is 359 g/mol. The summed E-state index contributed by atoms with van der Waals surface area (Å²) in [5.41, 5.74) is 0.933. The van der Waals surface area contributed by atoms with Crippen LogP contribution in [0.25, 0.3) is 17.4 Å². The van der Waals surface area contributed by atoms with Crippen molar-refractivity contribution in [3.05, 3.63) is 78.8 Å². The molecule has 3 aromatic heterocycles. The number of hydrogen-bond donors (Lipinski definition) is 1. The van der Waals surface area contributed by atoms with Crippen LogP contribution in [0.15, 0.2) is 77.7 Å². The van der Waals surface area contributed by atoms with Crippen molar-refractivity contribution in [1.82, 2.24) is 19.7 Å². The third kappa shape index (κ3) is 3.62. The Bertz CT molecular complexity index is 975. The minimum absolute atomic E-state index is 0.156. The molecule has 0 saturated heterocycles. The SMILES string of the molecule is CC(C(=O)Nc1cc(-n2cccn2)nc(-c2ccco2)n1)c1ccccc1. The van der Waals surface area contributed by atoms with Crippen LogP contribution in [0.1, 0.15) is 18.4 Å². The monoisotopic (exact) mass is 359 g/mol. The van der Waals surface area contributed by atoms with Gasteiger partial charge in [0.15, 0.2) is 17.4 Å². The molecule has 0 aliphatic carbocycles. The molecule has 4 rings (SSSR count). The number of anilines is 1. The molecule has 7 heteroatoms. The van der Waals surface area contributed by atoms with E-state index in [0.717, 1.165) is 5.56 Å². The number of nitrogens with one attached hydrogen (secondary N) is 1. The second-order valence-corrected chi connectivity index (χ2v) is 5.98. The van der Waals surface area contributed by atoms with Gasteiger partial charge in [0.1, 0.15) is 5.82 Å². The molecule has 0 bridgehead atoms. The second kappa shape index (κ2) is 7.25. The van der Waals surface area contributed by atoms with E-state index in [1.165, 1.54) is 0 Å². The zero-order valence-electron chi connectivity index (χ0n) is 14.6. The van der Waals surface area contributed by atoms with E-state index in [4.69, 9.17) is 4.42 Å². The largest absolute Gasteiger partial charge is 0.461 e. The first-order valence-corrected chi connectivity index (χ1v) is 8.49. The van der Waals surface area contributed by atoms with Crippen molar-refractivity contribution >= 4 is 11.7 Å². The highest BCUT2D eigenvalue weighted by Gasteiger charge is 2.17. The van der Waals surface area contributed by atoms with E-state index in [-0.39, 0.29) is 11.8 Å². The third-order valence-corrected chi connectivity index (χ3v) is 4.14. The summed E-state index contributed by atoms with van der Waals surface area (Å²) in [5.74, 6) is 1.32. The van der Waals surface area contributed by atoms with E-state index in [1.807, 2.05) is 37.3 Å². The van der Waals surface area contributed by atoms with E-state index in [2.05, 4.69) is 20.4 Å². The molecule has 7 nitrogen and oxygen atoms in total. The summed E-state index contributed by atoms with van der Waals surface area (Å²) in [4.78, 5) is 21.6. The van der Waals surface area contributed by atoms with Gasteiger partial charge in [-0.05, 0) is 30.7 Å². The number of furan rings is 1. The fourth-order valence-electron chi connectivity index (χ4n) is 2.66. The maximum absolute atomic E-state index is 12.7. The van der Waals surface area contributed by atoms with Crippen LogP contribution >= 0.6 is 0 Å². The first kappa shape index (κ1) is 16.7. The van der Waals surface area contributed by atoms with Crippen LogP contribution < -0.4 is 5.32 Å². The molecule has 1 atom stereocenters. The highest BCUT2D eigenvalue weighted by atomic mass is 16.3. The lowest BCUT2D eigenvalue weighted by atomic mass is 10.0. The van der Waals surface area contributed by atoms with Crippen LogP contribution in [-0.4, -0.2) is 25.7 Å². The number of hydrogen-bond acceptors (Lipinski definition) is 5. The van der Waals surface area contributed by atoms with E-state index in [1.54, 1.807) is 47.6 Å². The molecule has 1 aromatic carbocycles. The first-order chi connectivity index (χ1) is 13.2. The lowest BCUT2D eigenvalue weighted by Gasteiger charge is -2.13. The Labute approximate surface area is 155 Å². The van der Waals surface area contributed by atoms with Gasteiger partial charge < -0.3 is 9.73 Å². The van der Waals surface area contributed by atoms with Crippen molar-refractivity contribution < 1.29 is 9.21 Å².